The zero-order valence-corrected chi connectivity index (χ0v) is 15.0. The number of nitrogens with zero attached hydrogens (tertiary/aromatic N) is 2. The van der Waals surface area contributed by atoms with Gasteiger partial charge in [-0.25, -0.2) is 4.98 Å². The summed E-state index contributed by atoms with van der Waals surface area (Å²) in [6, 6.07) is 10.9. The predicted molar refractivity (Wildman–Crippen MR) is 99.5 cm³/mol. The number of anilines is 2. The molecule has 2 aromatic rings. The van der Waals surface area contributed by atoms with Gasteiger partial charge >= 0.3 is 0 Å². The minimum Gasteiger partial charge on any atom is -0.493 e. The molecule has 0 bridgehead atoms. The summed E-state index contributed by atoms with van der Waals surface area (Å²) in [4.78, 5) is 18.5. The number of carbonyl (C=O) groups is 1. The Balaban J connectivity index is 1.86. The highest BCUT2D eigenvalue weighted by molar-refractivity contribution is 5.91. The molecule has 0 unspecified atom stereocenters. The van der Waals surface area contributed by atoms with Crippen LogP contribution in [0.2, 0.25) is 0 Å². The number of ether oxygens (including phenoxy) is 2. The number of nitrogens with one attached hydrogen (secondary N) is 1. The molecule has 0 spiro atoms. The Hall–Kier alpha value is -2.76. The van der Waals surface area contributed by atoms with Gasteiger partial charge in [-0.2, -0.15) is 0 Å². The van der Waals surface area contributed by atoms with Gasteiger partial charge in [0.15, 0.2) is 18.1 Å². The van der Waals surface area contributed by atoms with Crippen molar-refractivity contribution >= 4 is 17.4 Å². The Morgan fingerprint density at radius 3 is 2.60 bits per heavy atom. The highest BCUT2D eigenvalue weighted by Gasteiger charge is 2.08. The highest BCUT2D eigenvalue weighted by Crippen LogP contribution is 2.25. The maximum Gasteiger partial charge on any atom is 0.262 e. The number of benzene rings is 1. The molecule has 6 heteroatoms. The van der Waals surface area contributed by atoms with Gasteiger partial charge in [0.1, 0.15) is 5.82 Å². The quantitative estimate of drug-likeness (QED) is 0.756. The number of aromatic nitrogens is 1. The fraction of sp³-hybridized carbons (Fsp3) is 0.368. The molecule has 1 aromatic heterocycles. The lowest BCUT2D eigenvalue weighted by Gasteiger charge is -2.17. The summed E-state index contributed by atoms with van der Waals surface area (Å²) in [5, 5.41) is 2.77. The van der Waals surface area contributed by atoms with Gasteiger partial charge in [0.05, 0.1) is 19.0 Å². The van der Waals surface area contributed by atoms with Gasteiger partial charge in [-0.3, -0.25) is 4.79 Å². The van der Waals surface area contributed by atoms with Crippen molar-refractivity contribution < 1.29 is 14.3 Å². The largest absolute Gasteiger partial charge is 0.493 e. The van der Waals surface area contributed by atoms with Crippen LogP contribution >= 0.6 is 0 Å². The number of methoxy groups -OCH3 is 1. The van der Waals surface area contributed by atoms with E-state index in [-0.39, 0.29) is 12.5 Å². The van der Waals surface area contributed by atoms with Gasteiger partial charge in [0.25, 0.3) is 5.91 Å². The van der Waals surface area contributed by atoms with E-state index in [1.807, 2.05) is 31.3 Å². The molecule has 2 rings (SSSR count). The molecule has 0 saturated carbocycles. The summed E-state index contributed by atoms with van der Waals surface area (Å²) in [5.41, 5.74) is 0.640. The Kier molecular flexibility index (Phi) is 7.07. The number of hydrogen-bond donors (Lipinski definition) is 1. The number of pyridine rings is 1. The van der Waals surface area contributed by atoms with Crippen molar-refractivity contribution in [2.45, 2.75) is 19.8 Å². The molecular weight excluding hydrogens is 318 g/mol. The third kappa shape index (κ3) is 5.67. The zero-order valence-electron chi connectivity index (χ0n) is 15.0. The van der Waals surface area contributed by atoms with Crippen LogP contribution in [0.5, 0.6) is 11.5 Å². The van der Waals surface area contributed by atoms with E-state index in [1.54, 1.807) is 25.4 Å². The van der Waals surface area contributed by atoms with E-state index in [0.717, 1.165) is 25.2 Å². The van der Waals surface area contributed by atoms with Crippen LogP contribution in [0.3, 0.4) is 0 Å². The van der Waals surface area contributed by atoms with Crippen LogP contribution in [0.15, 0.2) is 42.6 Å². The molecule has 0 aliphatic heterocycles. The fourth-order valence-electron chi connectivity index (χ4n) is 2.27. The van der Waals surface area contributed by atoms with Crippen molar-refractivity contribution in [2.75, 3.05) is 37.5 Å². The van der Waals surface area contributed by atoms with Crippen LogP contribution < -0.4 is 19.7 Å². The molecule has 0 aliphatic carbocycles. The van der Waals surface area contributed by atoms with Gasteiger partial charge < -0.3 is 19.7 Å². The summed E-state index contributed by atoms with van der Waals surface area (Å²) >= 11 is 0. The summed E-state index contributed by atoms with van der Waals surface area (Å²) < 4.78 is 10.7. The predicted octanol–water partition coefficient (Wildman–Crippen LogP) is 3.34. The number of para-hydroxylation sites is 2. The van der Waals surface area contributed by atoms with Gasteiger partial charge in [-0.05, 0) is 30.7 Å². The van der Waals surface area contributed by atoms with E-state index in [0.29, 0.717) is 17.2 Å². The van der Waals surface area contributed by atoms with Crippen molar-refractivity contribution in [3.8, 4) is 11.5 Å². The molecule has 0 atom stereocenters. The number of rotatable bonds is 9. The average molecular weight is 343 g/mol. The Morgan fingerprint density at radius 2 is 1.96 bits per heavy atom. The second-order valence-electron chi connectivity index (χ2n) is 5.67. The van der Waals surface area contributed by atoms with Crippen LogP contribution in [-0.4, -0.2) is 38.2 Å². The lowest BCUT2D eigenvalue weighted by molar-refractivity contribution is -0.118. The van der Waals surface area contributed by atoms with Gasteiger partial charge in [0.2, 0.25) is 0 Å². The maximum absolute atomic E-state index is 12.0. The first kappa shape index (κ1) is 18.6. The van der Waals surface area contributed by atoms with Crippen LogP contribution in [0.25, 0.3) is 0 Å². The number of carbonyl (C=O) groups excluding carboxylic acids is 1. The van der Waals surface area contributed by atoms with Crippen LogP contribution in [-0.2, 0) is 4.79 Å². The van der Waals surface area contributed by atoms with Crippen molar-refractivity contribution in [3.63, 3.8) is 0 Å². The molecule has 1 heterocycles. The van der Waals surface area contributed by atoms with Gasteiger partial charge in [-0.1, -0.05) is 25.5 Å². The first-order valence-corrected chi connectivity index (χ1v) is 8.37. The summed E-state index contributed by atoms with van der Waals surface area (Å²) in [7, 11) is 3.57. The van der Waals surface area contributed by atoms with Crippen molar-refractivity contribution in [2.24, 2.45) is 0 Å². The lowest BCUT2D eigenvalue weighted by Crippen LogP contribution is -2.21. The van der Waals surface area contributed by atoms with E-state index in [2.05, 4.69) is 22.1 Å². The van der Waals surface area contributed by atoms with Crippen molar-refractivity contribution in [1.29, 1.82) is 0 Å². The summed E-state index contributed by atoms with van der Waals surface area (Å²) in [5.74, 6) is 1.76. The molecular formula is C19H25N3O3. The van der Waals surface area contributed by atoms with Gasteiger partial charge in [-0.15, -0.1) is 0 Å². The Bertz CT molecular complexity index is 674. The zero-order chi connectivity index (χ0) is 18.1. The SMILES string of the molecule is CCCCN(C)c1ccc(NC(=O)COc2ccccc2OC)cn1. The average Bonchev–Trinajstić information content (AvgIpc) is 2.65. The van der Waals surface area contributed by atoms with Crippen molar-refractivity contribution in [1.82, 2.24) is 4.98 Å². The van der Waals surface area contributed by atoms with E-state index < -0.39 is 0 Å². The monoisotopic (exact) mass is 343 g/mol. The highest BCUT2D eigenvalue weighted by atomic mass is 16.5. The van der Waals surface area contributed by atoms with Crippen molar-refractivity contribution in [3.05, 3.63) is 42.6 Å². The lowest BCUT2D eigenvalue weighted by atomic mass is 10.3. The Labute approximate surface area is 148 Å². The maximum atomic E-state index is 12.0. The minimum absolute atomic E-state index is 0.0987. The molecule has 0 fully saturated rings. The standard InChI is InChI=1S/C19H25N3O3/c1-4-5-12-22(2)18-11-10-15(13-20-18)21-19(23)14-25-17-9-7-6-8-16(17)24-3/h6-11,13H,4-5,12,14H2,1-3H3,(H,21,23). The molecule has 25 heavy (non-hydrogen) atoms. The third-order valence-corrected chi connectivity index (χ3v) is 3.70. The summed E-state index contributed by atoms with van der Waals surface area (Å²) in [6.07, 6.45) is 3.92. The number of amides is 1. The Morgan fingerprint density at radius 1 is 1.20 bits per heavy atom. The number of unbranched alkanes of at least 4 members (excludes halogenated alkanes) is 1. The fourth-order valence-corrected chi connectivity index (χ4v) is 2.27. The smallest absolute Gasteiger partial charge is 0.262 e. The van der Waals surface area contributed by atoms with Crippen LogP contribution in [0, 0.1) is 0 Å². The van der Waals surface area contributed by atoms with E-state index >= 15 is 0 Å². The summed E-state index contributed by atoms with van der Waals surface area (Å²) in [6.45, 7) is 3.02. The normalized spacial score (nSPS) is 10.2. The van der Waals surface area contributed by atoms with Crippen LogP contribution in [0.1, 0.15) is 19.8 Å². The van der Waals surface area contributed by atoms with E-state index in [4.69, 9.17) is 9.47 Å². The topological polar surface area (TPSA) is 63.7 Å². The molecule has 0 aliphatic rings. The molecule has 1 aromatic carbocycles. The molecule has 1 N–H and O–H groups in total. The molecule has 6 nitrogen and oxygen atoms in total. The molecule has 0 radical (unpaired) electrons. The van der Waals surface area contributed by atoms with Gasteiger partial charge in [0, 0.05) is 13.6 Å². The first-order chi connectivity index (χ1) is 12.1. The molecule has 134 valence electrons. The molecule has 0 saturated heterocycles. The third-order valence-electron chi connectivity index (χ3n) is 3.70. The van der Waals surface area contributed by atoms with E-state index in [9.17, 15) is 4.79 Å². The first-order valence-electron chi connectivity index (χ1n) is 8.37. The molecule has 1 amide bonds. The van der Waals surface area contributed by atoms with Crippen LogP contribution in [0.4, 0.5) is 11.5 Å². The van der Waals surface area contributed by atoms with E-state index in [1.165, 1.54) is 0 Å². The second kappa shape index (κ2) is 9.52. The number of hydrogen-bond acceptors (Lipinski definition) is 5. The minimum atomic E-state index is -0.250. The second-order valence-corrected chi connectivity index (χ2v) is 5.67.